The summed E-state index contributed by atoms with van der Waals surface area (Å²) >= 11 is 1.40. The Hall–Kier alpha value is -2.65. The van der Waals surface area contributed by atoms with Gasteiger partial charge in [-0.05, 0) is 56.5 Å². The molecule has 0 saturated heterocycles. The minimum absolute atomic E-state index is 0.111. The van der Waals surface area contributed by atoms with Gasteiger partial charge in [-0.25, -0.2) is 4.79 Å². The van der Waals surface area contributed by atoms with Gasteiger partial charge in [0.05, 0.1) is 4.88 Å². The van der Waals surface area contributed by atoms with Crippen molar-refractivity contribution in [3.8, 4) is 6.07 Å². The number of carbonyl (C=O) groups is 2. The minimum atomic E-state index is -0.779. The van der Waals surface area contributed by atoms with E-state index in [0.717, 1.165) is 41.2 Å². The molecule has 0 aliphatic rings. The van der Waals surface area contributed by atoms with Crippen LogP contribution >= 0.6 is 11.3 Å². The molecule has 0 atom stereocenters. The van der Waals surface area contributed by atoms with Crippen molar-refractivity contribution in [1.29, 1.82) is 5.26 Å². The summed E-state index contributed by atoms with van der Waals surface area (Å²) in [6, 6.07) is 7.46. The number of esters is 1. The first-order chi connectivity index (χ1) is 12.9. The molecule has 0 radical (unpaired) electrons. The van der Waals surface area contributed by atoms with Crippen LogP contribution in [0.1, 0.15) is 51.8 Å². The number of nitriles is 1. The van der Waals surface area contributed by atoms with Crippen molar-refractivity contribution in [1.82, 2.24) is 4.57 Å². The van der Waals surface area contributed by atoms with E-state index in [1.807, 2.05) is 39.0 Å². The molecule has 0 bridgehead atoms. The van der Waals surface area contributed by atoms with Crippen LogP contribution in [0.5, 0.6) is 0 Å². The Kier molecular flexibility index (Phi) is 7.14. The predicted molar refractivity (Wildman–Crippen MR) is 107 cm³/mol. The average molecular weight is 385 g/mol. The first-order valence-corrected chi connectivity index (χ1v) is 9.80. The molecule has 0 fully saturated rings. The third-order valence-electron chi connectivity index (χ3n) is 4.32. The highest BCUT2D eigenvalue weighted by atomic mass is 32.1. The van der Waals surface area contributed by atoms with E-state index in [1.54, 1.807) is 6.07 Å². The summed E-state index contributed by atoms with van der Waals surface area (Å²) in [7, 11) is 0. The van der Waals surface area contributed by atoms with Crippen molar-refractivity contribution in [2.45, 2.75) is 47.1 Å². The second kappa shape index (κ2) is 9.33. The first-order valence-electron chi connectivity index (χ1n) is 8.98. The van der Waals surface area contributed by atoms with Crippen molar-refractivity contribution in [3.63, 3.8) is 0 Å². The number of aryl methyl sites for hydroxylation is 2. The number of thiophene rings is 1. The van der Waals surface area contributed by atoms with Gasteiger partial charge in [-0.2, -0.15) is 5.26 Å². The number of Topliss-reactive ketones (excluding diaryl/α,β-unsaturated/α-hetero) is 1. The summed E-state index contributed by atoms with van der Waals surface area (Å²) < 4.78 is 7.22. The number of rotatable bonds is 8. The molecule has 142 valence electrons. The van der Waals surface area contributed by atoms with Crippen LogP contribution in [0.3, 0.4) is 0 Å². The third kappa shape index (κ3) is 4.95. The van der Waals surface area contributed by atoms with Gasteiger partial charge < -0.3 is 9.30 Å². The summed E-state index contributed by atoms with van der Waals surface area (Å²) in [6.07, 6.45) is 3.38. The van der Waals surface area contributed by atoms with Gasteiger partial charge in [0, 0.05) is 22.8 Å². The smallest absolute Gasteiger partial charge is 0.349 e. The molecule has 0 amide bonds. The monoisotopic (exact) mass is 384 g/mol. The van der Waals surface area contributed by atoms with Crippen molar-refractivity contribution in [2.75, 3.05) is 6.61 Å². The molecule has 27 heavy (non-hydrogen) atoms. The van der Waals surface area contributed by atoms with E-state index in [2.05, 4.69) is 11.5 Å². The zero-order valence-corrected chi connectivity index (χ0v) is 17.0. The Labute approximate surface area is 163 Å². The van der Waals surface area contributed by atoms with Crippen LogP contribution < -0.4 is 0 Å². The van der Waals surface area contributed by atoms with Gasteiger partial charge in [-0.3, -0.25) is 4.79 Å². The molecule has 0 aliphatic carbocycles. The Balaban J connectivity index is 2.09. The van der Waals surface area contributed by atoms with Gasteiger partial charge in [0.2, 0.25) is 5.78 Å². The van der Waals surface area contributed by atoms with Gasteiger partial charge in [-0.1, -0.05) is 13.8 Å². The van der Waals surface area contributed by atoms with E-state index >= 15 is 0 Å². The number of ketones is 1. The molecule has 2 aromatic rings. The molecule has 2 heterocycles. The molecular formula is C21H24N2O3S. The molecule has 5 nitrogen and oxygen atoms in total. The van der Waals surface area contributed by atoms with Crippen molar-refractivity contribution < 1.29 is 14.3 Å². The molecular weight excluding hydrogens is 360 g/mol. The molecule has 6 heteroatoms. The number of nitrogens with zero attached hydrogens (tertiary/aromatic N) is 2. The number of carbonyl (C=O) groups excluding carboxylic acids is 2. The Morgan fingerprint density at radius 3 is 2.63 bits per heavy atom. The summed E-state index contributed by atoms with van der Waals surface area (Å²) in [6.45, 7) is 8.58. The quantitative estimate of drug-likeness (QED) is 0.291. The maximum Gasteiger partial charge on any atom is 0.349 e. The van der Waals surface area contributed by atoms with E-state index < -0.39 is 5.97 Å². The molecule has 0 aromatic carbocycles. The second-order valence-corrected chi connectivity index (χ2v) is 7.44. The number of ether oxygens (including phenoxy) is 1. The van der Waals surface area contributed by atoms with E-state index in [9.17, 15) is 14.9 Å². The highest BCUT2D eigenvalue weighted by Gasteiger charge is 2.17. The van der Waals surface area contributed by atoms with Gasteiger partial charge in [0.25, 0.3) is 0 Å². The topological polar surface area (TPSA) is 72.1 Å². The van der Waals surface area contributed by atoms with Crippen molar-refractivity contribution >= 4 is 29.2 Å². The van der Waals surface area contributed by atoms with Crippen LogP contribution in [0.4, 0.5) is 0 Å². The van der Waals surface area contributed by atoms with E-state index in [4.69, 9.17) is 4.74 Å². The molecule has 2 aromatic heterocycles. The fourth-order valence-corrected chi connectivity index (χ4v) is 3.70. The zero-order valence-electron chi connectivity index (χ0n) is 16.2. The van der Waals surface area contributed by atoms with Gasteiger partial charge >= 0.3 is 5.97 Å². The van der Waals surface area contributed by atoms with Gasteiger partial charge in [-0.15, -0.1) is 11.3 Å². The number of aromatic nitrogens is 1. The first kappa shape index (κ1) is 20.7. The van der Waals surface area contributed by atoms with E-state index in [0.29, 0.717) is 4.88 Å². The van der Waals surface area contributed by atoms with Gasteiger partial charge in [0.1, 0.15) is 11.6 Å². The van der Waals surface area contributed by atoms with Crippen LogP contribution in [0.25, 0.3) is 6.08 Å². The lowest BCUT2D eigenvalue weighted by Gasteiger charge is -2.07. The molecule has 2 rings (SSSR count). The lowest BCUT2D eigenvalue weighted by atomic mass is 10.1. The summed E-state index contributed by atoms with van der Waals surface area (Å²) in [5.41, 5.74) is 2.77. The van der Waals surface area contributed by atoms with E-state index in [1.165, 1.54) is 17.4 Å². The summed E-state index contributed by atoms with van der Waals surface area (Å²) in [5, 5.41) is 9.34. The Bertz CT molecular complexity index is 912. The largest absolute Gasteiger partial charge is 0.453 e. The van der Waals surface area contributed by atoms with Crippen LogP contribution in [-0.4, -0.2) is 22.9 Å². The maximum absolute atomic E-state index is 12.2. The fourth-order valence-electron chi connectivity index (χ4n) is 2.83. The summed E-state index contributed by atoms with van der Waals surface area (Å²) in [4.78, 5) is 26.0. The highest BCUT2D eigenvalue weighted by Crippen LogP contribution is 2.20. The SMILES string of the molecule is CCCn1c(C)cc(/C=C(\C#N)C(=O)OCC(=O)c2ccc(CC)s2)c1C. The lowest BCUT2D eigenvalue weighted by Crippen LogP contribution is -2.14. The van der Waals surface area contributed by atoms with Gasteiger partial charge in [0.15, 0.2) is 6.61 Å². The van der Waals surface area contributed by atoms with Crippen LogP contribution in [0, 0.1) is 25.2 Å². The number of hydrogen-bond donors (Lipinski definition) is 0. The summed E-state index contributed by atoms with van der Waals surface area (Å²) in [5.74, 6) is -1.04. The highest BCUT2D eigenvalue weighted by molar-refractivity contribution is 7.14. The number of hydrogen-bond acceptors (Lipinski definition) is 5. The third-order valence-corrected chi connectivity index (χ3v) is 5.59. The van der Waals surface area contributed by atoms with Crippen LogP contribution in [0.15, 0.2) is 23.8 Å². The average Bonchev–Trinajstić information content (AvgIpc) is 3.24. The van der Waals surface area contributed by atoms with Crippen LogP contribution in [0.2, 0.25) is 0 Å². The maximum atomic E-state index is 12.2. The Morgan fingerprint density at radius 1 is 1.30 bits per heavy atom. The van der Waals surface area contributed by atoms with Crippen LogP contribution in [-0.2, 0) is 22.5 Å². The lowest BCUT2D eigenvalue weighted by molar-refractivity contribution is -0.137. The Morgan fingerprint density at radius 2 is 2.04 bits per heavy atom. The van der Waals surface area contributed by atoms with E-state index in [-0.39, 0.29) is 18.0 Å². The normalized spacial score (nSPS) is 11.3. The molecule has 0 spiro atoms. The minimum Gasteiger partial charge on any atom is -0.453 e. The molecule has 0 aliphatic heterocycles. The fraction of sp³-hybridized carbons (Fsp3) is 0.381. The zero-order chi connectivity index (χ0) is 20.0. The molecule has 0 saturated carbocycles. The predicted octanol–water partition coefficient (Wildman–Crippen LogP) is 4.47. The molecule has 0 unspecified atom stereocenters. The second-order valence-electron chi connectivity index (χ2n) is 6.27. The standard InChI is InChI=1S/C21H24N2O3S/c1-5-9-23-14(3)10-16(15(23)4)11-17(12-22)21(25)26-13-19(24)20-8-7-18(6-2)27-20/h7-8,10-11H,5-6,9,13H2,1-4H3/b17-11+. The van der Waals surface area contributed by atoms with Crippen molar-refractivity contribution in [2.24, 2.45) is 0 Å². The van der Waals surface area contributed by atoms with Crippen molar-refractivity contribution in [3.05, 3.63) is 50.5 Å². The molecule has 0 N–H and O–H groups in total.